The van der Waals surface area contributed by atoms with Gasteiger partial charge in [0.1, 0.15) is 5.75 Å². The minimum absolute atomic E-state index is 0.146. The van der Waals surface area contributed by atoms with Crippen LogP contribution in [-0.4, -0.2) is 19.6 Å². The van der Waals surface area contributed by atoms with Crippen LogP contribution in [-0.2, 0) is 11.2 Å². The van der Waals surface area contributed by atoms with Gasteiger partial charge in [0, 0.05) is 13.0 Å². The highest BCUT2D eigenvalue weighted by Gasteiger charge is 2.13. The molecule has 20 heavy (non-hydrogen) atoms. The van der Waals surface area contributed by atoms with E-state index in [4.69, 9.17) is 4.74 Å². The highest BCUT2D eigenvalue weighted by Crippen LogP contribution is 2.21. The number of carbonyl (C=O) groups excluding carboxylic acids is 1. The molecule has 108 valence electrons. The number of hydrogen-bond acceptors (Lipinski definition) is 2. The van der Waals surface area contributed by atoms with E-state index in [1.54, 1.807) is 7.11 Å². The maximum absolute atomic E-state index is 11.8. The standard InChI is InChI=1S/C17H23NO2/c1-13-7-8-16(20-2)15(11-13)9-10-18-17(19)12-14-5-3-4-6-14/h3,5,7-8,11,14H,4,6,9-10,12H2,1-2H3,(H,18,19). The van der Waals surface area contributed by atoms with Crippen molar-refractivity contribution in [3.05, 3.63) is 41.5 Å². The molecule has 3 nitrogen and oxygen atoms in total. The Bertz CT molecular complexity index is 494. The Hall–Kier alpha value is -1.77. The van der Waals surface area contributed by atoms with Gasteiger partial charge >= 0.3 is 0 Å². The summed E-state index contributed by atoms with van der Waals surface area (Å²) in [5, 5.41) is 3.00. The van der Waals surface area contributed by atoms with Crippen LogP contribution < -0.4 is 10.1 Å². The van der Waals surface area contributed by atoms with Crippen LogP contribution in [0.1, 0.15) is 30.4 Å². The van der Waals surface area contributed by atoms with Gasteiger partial charge in [-0.1, -0.05) is 29.8 Å². The number of benzene rings is 1. The summed E-state index contributed by atoms with van der Waals surface area (Å²) in [5.41, 5.74) is 2.36. The molecular weight excluding hydrogens is 250 g/mol. The average Bonchev–Trinajstić information content (AvgIpc) is 2.92. The predicted octanol–water partition coefficient (Wildman–Crippen LogP) is 3.02. The van der Waals surface area contributed by atoms with Gasteiger partial charge in [0.25, 0.3) is 0 Å². The van der Waals surface area contributed by atoms with Gasteiger partial charge in [0.05, 0.1) is 7.11 Å². The first-order chi connectivity index (χ1) is 9.69. The summed E-state index contributed by atoms with van der Waals surface area (Å²) in [7, 11) is 1.68. The number of ether oxygens (including phenoxy) is 1. The molecule has 2 rings (SSSR count). The van der Waals surface area contributed by atoms with Crippen LogP contribution in [0.15, 0.2) is 30.4 Å². The molecule has 1 aliphatic rings. The summed E-state index contributed by atoms with van der Waals surface area (Å²) in [6.07, 6.45) is 7.95. The van der Waals surface area contributed by atoms with E-state index in [1.165, 1.54) is 5.56 Å². The normalized spacial score (nSPS) is 17.2. The van der Waals surface area contributed by atoms with Gasteiger partial charge in [-0.25, -0.2) is 0 Å². The van der Waals surface area contributed by atoms with Crippen molar-refractivity contribution >= 4 is 5.91 Å². The number of methoxy groups -OCH3 is 1. The molecule has 0 bridgehead atoms. The van der Waals surface area contributed by atoms with Crippen molar-refractivity contribution in [3.63, 3.8) is 0 Å². The third kappa shape index (κ3) is 4.12. The molecule has 1 aromatic rings. The van der Waals surface area contributed by atoms with Gasteiger partial charge in [0.15, 0.2) is 0 Å². The van der Waals surface area contributed by atoms with Crippen LogP contribution in [0.25, 0.3) is 0 Å². The van der Waals surface area contributed by atoms with Crippen molar-refractivity contribution in [2.75, 3.05) is 13.7 Å². The van der Waals surface area contributed by atoms with Gasteiger partial charge in [0.2, 0.25) is 5.91 Å². The average molecular weight is 273 g/mol. The summed E-state index contributed by atoms with van der Waals surface area (Å²) in [5.74, 6) is 1.47. The summed E-state index contributed by atoms with van der Waals surface area (Å²) in [6, 6.07) is 6.13. The highest BCUT2D eigenvalue weighted by atomic mass is 16.5. The predicted molar refractivity (Wildman–Crippen MR) is 80.9 cm³/mol. The molecule has 1 aromatic carbocycles. The first-order valence-electron chi connectivity index (χ1n) is 7.26. The van der Waals surface area contributed by atoms with Crippen molar-refractivity contribution in [2.45, 2.75) is 32.6 Å². The monoisotopic (exact) mass is 273 g/mol. The smallest absolute Gasteiger partial charge is 0.220 e. The lowest BCUT2D eigenvalue weighted by Gasteiger charge is -2.11. The second kappa shape index (κ2) is 7.13. The second-order valence-corrected chi connectivity index (χ2v) is 5.38. The van der Waals surface area contributed by atoms with Gasteiger partial charge in [-0.05, 0) is 43.7 Å². The van der Waals surface area contributed by atoms with Crippen molar-refractivity contribution in [1.29, 1.82) is 0 Å². The molecule has 1 unspecified atom stereocenters. The van der Waals surface area contributed by atoms with Crippen LogP contribution >= 0.6 is 0 Å². The van der Waals surface area contributed by atoms with Crippen LogP contribution in [0.3, 0.4) is 0 Å². The second-order valence-electron chi connectivity index (χ2n) is 5.38. The number of aryl methyl sites for hydroxylation is 1. The first kappa shape index (κ1) is 14.6. The van der Waals surface area contributed by atoms with Crippen molar-refractivity contribution in [2.24, 2.45) is 5.92 Å². The lowest BCUT2D eigenvalue weighted by Crippen LogP contribution is -2.27. The fourth-order valence-electron chi connectivity index (χ4n) is 2.61. The summed E-state index contributed by atoms with van der Waals surface area (Å²) >= 11 is 0. The Kier molecular flexibility index (Phi) is 5.22. The Morgan fingerprint density at radius 1 is 1.45 bits per heavy atom. The zero-order chi connectivity index (χ0) is 14.4. The minimum atomic E-state index is 0.146. The number of nitrogens with one attached hydrogen (secondary N) is 1. The van der Waals surface area contributed by atoms with Crippen molar-refractivity contribution in [3.8, 4) is 5.75 Å². The van der Waals surface area contributed by atoms with E-state index in [9.17, 15) is 4.79 Å². The van der Waals surface area contributed by atoms with E-state index in [-0.39, 0.29) is 5.91 Å². The molecule has 1 N–H and O–H groups in total. The Balaban J connectivity index is 1.78. The number of hydrogen-bond donors (Lipinski definition) is 1. The van der Waals surface area contributed by atoms with E-state index in [0.717, 1.165) is 30.6 Å². The van der Waals surface area contributed by atoms with Crippen LogP contribution in [0.2, 0.25) is 0 Å². The minimum Gasteiger partial charge on any atom is -0.496 e. The number of allylic oxidation sites excluding steroid dienone is 2. The van der Waals surface area contributed by atoms with E-state index < -0.39 is 0 Å². The molecule has 0 aliphatic heterocycles. The van der Waals surface area contributed by atoms with E-state index in [1.807, 2.05) is 12.1 Å². The van der Waals surface area contributed by atoms with Gasteiger partial charge in [-0.3, -0.25) is 4.79 Å². The number of amides is 1. The summed E-state index contributed by atoms with van der Waals surface area (Å²) < 4.78 is 5.34. The van der Waals surface area contributed by atoms with Crippen LogP contribution in [0.5, 0.6) is 5.75 Å². The first-order valence-corrected chi connectivity index (χ1v) is 7.26. The maximum Gasteiger partial charge on any atom is 0.220 e. The Morgan fingerprint density at radius 2 is 2.30 bits per heavy atom. The van der Waals surface area contributed by atoms with Crippen molar-refractivity contribution in [1.82, 2.24) is 5.32 Å². The quantitative estimate of drug-likeness (QED) is 0.809. The summed E-state index contributed by atoms with van der Waals surface area (Å²) in [4.78, 5) is 11.8. The molecule has 0 fully saturated rings. The molecule has 0 saturated heterocycles. The van der Waals surface area contributed by atoms with Crippen LogP contribution in [0, 0.1) is 12.8 Å². The fraction of sp³-hybridized carbons (Fsp3) is 0.471. The lowest BCUT2D eigenvalue weighted by atomic mass is 10.0. The molecule has 0 aromatic heterocycles. The highest BCUT2D eigenvalue weighted by molar-refractivity contribution is 5.76. The zero-order valence-corrected chi connectivity index (χ0v) is 12.3. The topological polar surface area (TPSA) is 38.3 Å². The third-order valence-corrected chi connectivity index (χ3v) is 3.71. The molecule has 3 heteroatoms. The Morgan fingerprint density at radius 3 is 3.00 bits per heavy atom. The number of carbonyl (C=O) groups is 1. The van der Waals surface area contributed by atoms with Gasteiger partial charge in [-0.15, -0.1) is 0 Å². The SMILES string of the molecule is COc1ccc(C)cc1CCNC(=O)CC1C=CCC1. The molecule has 1 atom stereocenters. The fourth-order valence-corrected chi connectivity index (χ4v) is 2.61. The largest absolute Gasteiger partial charge is 0.496 e. The van der Waals surface area contributed by atoms with Crippen LogP contribution in [0.4, 0.5) is 0 Å². The molecule has 1 amide bonds. The van der Waals surface area contributed by atoms with Gasteiger partial charge < -0.3 is 10.1 Å². The number of rotatable bonds is 6. The van der Waals surface area contributed by atoms with E-state index in [2.05, 4.69) is 30.5 Å². The maximum atomic E-state index is 11.8. The van der Waals surface area contributed by atoms with E-state index in [0.29, 0.717) is 18.9 Å². The molecule has 0 heterocycles. The summed E-state index contributed by atoms with van der Waals surface area (Å²) in [6.45, 7) is 2.73. The van der Waals surface area contributed by atoms with E-state index >= 15 is 0 Å². The lowest BCUT2D eigenvalue weighted by molar-refractivity contribution is -0.121. The molecular formula is C17H23NO2. The molecule has 0 spiro atoms. The zero-order valence-electron chi connectivity index (χ0n) is 12.3. The molecule has 0 saturated carbocycles. The molecule has 1 aliphatic carbocycles. The third-order valence-electron chi connectivity index (χ3n) is 3.71. The van der Waals surface area contributed by atoms with Gasteiger partial charge in [-0.2, -0.15) is 0 Å². The Labute approximate surface area is 121 Å². The molecule has 0 radical (unpaired) electrons. The van der Waals surface area contributed by atoms with Crippen molar-refractivity contribution < 1.29 is 9.53 Å².